The number of amides is 2. The van der Waals surface area contributed by atoms with Crippen molar-refractivity contribution in [2.45, 2.75) is 31.3 Å². The molecule has 1 aromatic heterocycles. The third-order valence-electron chi connectivity index (χ3n) is 4.63. The van der Waals surface area contributed by atoms with Gasteiger partial charge in [-0.3, -0.25) is 19.4 Å². The number of nitrogens with zero attached hydrogens (tertiary/aromatic N) is 2. The van der Waals surface area contributed by atoms with Crippen molar-refractivity contribution >= 4 is 35.1 Å². The molecule has 1 saturated heterocycles. The minimum absolute atomic E-state index is 0.00815. The fourth-order valence-corrected chi connectivity index (χ4v) is 3.85. The van der Waals surface area contributed by atoms with Crippen molar-refractivity contribution in [1.29, 1.82) is 0 Å². The van der Waals surface area contributed by atoms with Gasteiger partial charge >= 0.3 is 0 Å². The van der Waals surface area contributed by atoms with Gasteiger partial charge in [-0.15, -0.1) is 0 Å². The Hall–Kier alpha value is -3.01. The maximum absolute atomic E-state index is 12.4. The summed E-state index contributed by atoms with van der Waals surface area (Å²) in [5, 5.41) is 2.73. The monoisotopic (exact) mass is 431 g/mol. The number of carbonyl (C=O) groups excluding carboxylic acids is 2. The Bertz CT molecular complexity index is 955. The number of hydrogen-bond acceptors (Lipinski definition) is 7. The molecule has 1 aliphatic heterocycles. The van der Waals surface area contributed by atoms with Gasteiger partial charge in [0.2, 0.25) is 5.91 Å². The molecule has 2 aromatic rings. The normalized spacial score (nSPS) is 13.7. The van der Waals surface area contributed by atoms with Gasteiger partial charge in [0, 0.05) is 18.7 Å². The zero-order chi connectivity index (χ0) is 21.5. The molecule has 0 atom stereocenters. The number of piperidine rings is 1. The van der Waals surface area contributed by atoms with Crippen molar-refractivity contribution in [3.8, 4) is 5.75 Å². The maximum atomic E-state index is 12.4. The SMILES string of the molecule is CCOc1ccc(C(=O)Nc2c(N)nc(SCC(=O)N3CCCCC3)[nH]c2=O)cc1. The lowest BCUT2D eigenvalue weighted by molar-refractivity contribution is -0.129. The van der Waals surface area contributed by atoms with Gasteiger partial charge in [0.15, 0.2) is 11.0 Å². The molecule has 1 aliphatic rings. The number of nitrogens with one attached hydrogen (secondary N) is 2. The first-order valence-electron chi connectivity index (χ1n) is 9.82. The molecule has 0 radical (unpaired) electrons. The van der Waals surface area contributed by atoms with E-state index in [1.165, 1.54) is 0 Å². The number of nitrogen functional groups attached to an aromatic ring is 1. The summed E-state index contributed by atoms with van der Waals surface area (Å²) in [5.41, 5.74) is 5.54. The molecule has 9 nitrogen and oxygen atoms in total. The predicted octanol–water partition coefficient (Wildman–Crippen LogP) is 2.11. The molecule has 160 valence electrons. The number of likely N-dealkylation sites (tertiary alicyclic amines) is 1. The topological polar surface area (TPSA) is 130 Å². The van der Waals surface area contributed by atoms with E-state index < -0.39 is 11.5 Å². The highest BCUT2D eigenvalue weighted by Gasteiger charge is 2.18. The van der Waals surface area contributed by atoms with Crippen LogP contribution < -0.4 is 21.3 Å². The quantitative estimate of drug-likeness (QED) is 0.452. The van der Waals surface area contributed by atoms with E-state index in [-0.39, 0.29) is 28.3 Å². The molecule has 0 aliphatic carbocycles. The second-order valence-corrected chi connectivity index (χ2v) is 7.74. The molecule has 10 heteroatoms. The van der Waals surface area contributed by atoms with Crippen LogP contribution in [0.25, 0.3) is 0 Å². The van der Waals surface area contributed by atoms with Crippen LogP contribution in [0.5, 0.6) is 5.75 Å². The number of H-pyrrole nitrogens is 1. The van der Waals surface area contributed by atoms with Crippen LogP contribution in [0.2, 0.25) is 0 Å². The lowest BCUT2D eigenvalue weighted by atomic mass is 10.1. The van der Waals surface area contributed by atoms with Crippen LogP contribution in [-0.2, 0) is 4.79 Å². The van der Waals surface area contributed by atoms with E-state index in [1.807, 2.05) is 11.8 Å². The van der Waals surface area contributed by atoms with Crippen molar-refractivity contribution in [3.63, 3.8) is 0 Å². The van der Waals surface area contributed by atoms with E-state index in [0.717, 1.165) is 44.1 Å². The van der Waals surface area contributed by atoms with Crippen molar-refractivity contribution < 1.29 is 14.3 Å². The van der Waals surface area contributed by atoms with Gasteiger partial charge in [0.05, 0.1) is 12.4 Å². The third kappa shape index (κ3) is 5.53. The summed E-state index contributed by atoms with van der Waals surface area (Å²) in [5.74, 6) is 0.228. The van der Waals surface area contributed by atoms with Crippen LogP contribution in [0.3, 0.4) is 0 Å². The van der Waals surface area contributed by atoms with E-state index in [2.05, 4.69) is 15.3 Å². The average Bonchev–Trinajstić information content (AvgIpc) is 2.76. The van der Waals surface area contributed by atoms with Crippen LogP contribution in [-0.4, -0.2) is 52.1 Å². The summed E-state index contributed by atoms with van der Waals surface area (Å²) in [6, 6.07) is 6.52. The first-order valence-corrected chi connectivity index (χ1v) is 10.8. The predicted molar refractivity (Wildman–Crippen MR) is 116 cm³/mol. The van der Waals surface area contributed by atoms with Crippen molar-refractivity contribution in [3.05, 3.63) is 40.2 Å². The minimum Gasteiger partial charge on any atom is -0.494 e. The third-order valence-corrected chi connectivity index (χ3v) is 5.49. The second kappa shape index (κ2) is 10.1. The van der Waals surface area contributed by atoms with Crippen molar-refractivity contribution in [2.24, 2.45) is 0 Å². The number of carbonyl (C=O) groups is 2. The summed E-state index contributed by atoms with van der Waals surface area (Å²) < 4.78 is 5.34. The number of aromatic amines is 1. The molecular formula is C20H25N5O4S. The lowest BCUT2D eigenvalue weighted by Crippen LogP contribution is -2.36. The van der Waals surface area contributed by atoms with E-state index >= 15 is 0 Å². The van der Waals surface area contributed by atoms with Gasteiger partial charge in [0.25, 0.3) is 11.5 Å². The van der Waals surface area contributed by atoms with Gasteiger partial charge in [-0.25, -0.2) is 4.98 Å². The standard InChI is InChI=1S/C20H25N5O4S/c1-2-29-14-8-6-13(7-9-14)18(27)22-16-17(21)23-20(24-19(16)28)30-12-15(26)25-10-4-3-5-11-25/h6-9H,2-5,10-12H2,1H3,(H,22,27)(H3,21,23,24,28). The molecule has 0 unspecified atom stereocenters. The van der Waals surface area contributed by atoms with Gasteiger partial charge in [0.1, 0.15) is 11.4 Å². The van der Waals surface area contributed by atoms with Gasteiger partial charge < -0.3 is 20.7 Å². The van der Waals surface area contributed by atoms with Crippen LogP contribution >= 0.6 is 11.8 Å². The van der Waals surface area contributed by atoms with E-state index in [9.17, 15) is 14.4 Å². The second-order valence-electron chi connectivity index (χ2n) is 6.77. The molecular weight excluding hydrogens is 406 g/mol. The molecule has 0 spiro atoms. The number of anilines is 2. The first-order chi connectivity index (χ1) is 14.5. The first kappa shape index (κ1) is 21.7. The van der Waals surface area contributed by atoms with E-state index in [0.29, 0.717) is 17.9 Å². The number of ether oxygens (including phenoxy) is 1. The smallest absolute Gasteiger partial charge is 0.277 e. The number of hydrogen-bond donors (Lipinski definition) is 3. The Balaban J connectivity index is 1.63. The maximum Gasteiger partial charge on any atom is 0.277 e. The van der Waals surface area contributed by atoms with E-state index in [1.54, 1.807) is 24.3 Å². The Morgan fingerprint density at radius 1 is 1.23 bits per heavy atom. The molecule has 0 saturated carbocycles. The Kier molecular flexibility index (Phi) is 7.34. The number of thioether (sulfide) groups is 1. The van der Waals surface area contributed by atoms with Crippen molar-refractivity contribution in [2.75, 3.05) is 36.5 Å². The Morgan fingerprint density at radius 2 is 1.93 bits per heavy atom. The molecule has 2 heterocycles. The minimum atomic E-state index is -0.574. The van der Waals surface area contributed by atoms with Crippen LogP contribution in [0, 0.1) is 0 Å². The molecule has 1 aromatic carbocycles. The zero-order valence-electron chi connectivity index (χ0n) is 16.8. The Labute approximate surface area is 178 Å². The average molecular weight is 432 g/mol. The number of nitrogens with two attached hydrogens (primary N) is 1. The number of rotatable bonds is 7. The lowest BCUT2D eigenvalue weighted by Gasteiger charge is -2.26. The summed E-state index contributed by atoms with van der Waals surface area (Å²) in [4.78, 5) is 45.6. The molecule has 0 bridgehead atoms. The summed E-state index contributed by atoms with van der Waals surface area (Å²) in [6.45, 7) is 3.93. The number of benzene rings is 1. The highest BCUT2D eigenvalue weighted by molar-refractivity contribution is 7.99. The van der Waals surface area contributed by atoms with Crippen LogP contribution in [0.4, 0.5) is 11.5 Å². The molecule has 4 N–H and O–H groups in total. The fourth-order valence-electron chi connectivity index (χ4n) is 3.08. The molecule has 30 heavy (non-hydrogen) atoms. The summed E-state index contributed by atoms with van der Waals surface area (Å²) in [7, 11) is 0. The largest absolute Gasteiger partial charge is 0.494 e. The van der Waals surface area contributed by atoms with Gasteiger partial charge in [-0.2, -0.15) is 0 Å². The fraction of sp³-hybridized carbons (Fsp3) is 0.400. The van der Waals surface area contributed by atoms with E-state index in [4.69, 9.17) is 10.5 Å². The molecule has 3 rings (SSSR count). The molecule has 1 fully saturated rings. The van der Waals surface area contributed by atoms with Gasteiger partial charge in [-0.1, -0.05) is 11.8 Å². The molecule has 2 amide bonds. The van der Waals surface area contributed by atoms with Crippen LogP contribution in [0.15, 0.2) is 34.2 Å². The highest BCUT2D eigenvalue weighted by Crippen LogP contribution is 2.19. The van der Waals surface area contributed by atoms with Crippen molar-refractivity contribution in [1.82, 2.24) is 14.9 Å². The zero-order valence-corrected chi connectivity index (χ0v) is 17.6. The summed E-state index contributed by atoms with van der Waals surface area (Å²) >= 11 is 1.12. The highest BCUT2D eigenvalue weighted by atomic mass is 32.2. The number of aromatic nitrogens is 2. The van der Waals surface area contributed by atoms with Gasteiger partial charge in [-0.05, 0) is 50.5 Å². The summed E-state index contributed by atoms with van der Waals surface area (Å²) in [6.07, 6.45) is 3.18. The van der Waals surface area contributed by atoms with Crippen LogP contribution in [0.1, 0.15) is 36.5 Å². The Morgan fingerprint density at radius 3 is 2.57 bits per heavy atom.